The van der Waals surface area contributed by atoms with Crippen LogP contribution >= 0.6 is 0 Å². The Kier molecular flexibility index (Phi) is 3.32. The van der Waals surface area contributed by atoms with Crippen molar-refractivity contribution in [2.75, 3.05) is 6.54 Å². The molecule has 3 heteroatoms. The van der Waals surface area contributed by atoms with Crippen molar-refractivity contribution >= 4 is 5.91 Å². The molecule has 0 bridgehead atoms. The molecule has 2 atom stereocenters. The molecule has 1 saturated heterocycles. The van der Waals surface area contributed by atoms with Crippen LogP contribution in [0, 0.1) is 12.3 Å². The smallest absolute Gasteiger partial charge is 0.223 e. The topological polar surface area (TPSA) is 46.3 Å². The van der Waals surface area contributed by atoms with Gasteiger partial charge in [-0.3, -0.25) is 4.79 Å². The van der Waals surface area contributed by atoms with Gasteiger partial charge in [0.2, 0.25) is 5.91 Å². The summed E-state index contributed by atoms with van der Waals surface area (Å²) >= 11 is 0. The van der Waals surface area contributed by atoms with E-state index < -0.39 is 0 Å². The minimum atomic E-state index is 0.134. The van der Waals surface area contributed by atoms with Crippen LogP contribution in [0.2, 0.25) is 0 Å². The fraction of sp³-hybridized carbons (Fsp3) is 0.700. The molecule has 1 fully saturated rings. The third kappa shape index (κ3) is 2.22. The highest BCUT2D eigenvalue weighted by Gasteiger charge is 2.30. The quantitative estimate of drug-likeness (QED) is 0.623. The molecule has 0 aromatic rings. The molecular formula is C10H16N2O. The maximum absolute atomic E-state index is 11.5. The normalized spacial score (nSPS) is 27.3. The zero-order valence-corrected chi connectivity index (χ0v) is 7.99. The summed E-state index contributed by atoms with van der Waals surface area (Å²) in [4.78, 5) is 13.4. The largest absolute Gasteiger partial charge is 0.338 e. The van der Waals surface area contributed by atoms with Gasteiger partial charge in [0, 0.05) is 31.5 Å². The van der Waals surface area contributed by atoms with Gasteiger partial charge in [0.15, 0.2) is 0 Å². The summed E-state index contributed by atoms with van der Waals surface area (Å²) in [7, 11) is 0. The van der Waals surface area contributed by atoms with Gasteiger partial charge >= 0.3 is 0 Å². The first-order chi connectivity index (χ1) is 6.16. The Labute approximate surface area is 79.3 Å². The van der Waals surface area contributed by atoms with Crippen LogP contribution in [0.1, 0.15) is 26.2 Å². The fourth-order valence-corrected chi connectivity index (χ4v) is 1.64. The van der Waals surface area contributed by atoms with E-state index in [1.54, 1.807) is 0 Å². The first-order valence-electron chi connectivity index (χ1n) is 4.65. The predicted octanol–water partition coefficient (Wildman–Crippen LogP) is 0.348. The fourth-order valence-electron chi connectivity index (χ4n) is 1.64. The van der Waals surface area contributed by atoms with E-state index in [4.69, 9.17) is 12.2 Å². The Morgan fingerprint density at radius 2 is 2.46 bits per heavy atom. The SMILES string of the molecule is C#CCCC(=O)N1CCC(N)C1C. The van der Waals surface area contributed by atoms with Crippen molar-refractivity contribution in [2.24, 2.45) is 5.73 Å². The molecule has 72 valence electrons. The Morgan fingerprint density at radius 3 is 2.92 bits per heavy atom. The molecule has 0 aliphatic carbocycles. The van der Waals surface area contributed by atoms with Crippen LogP contribution in [-0.2, 0) is 4.79 Å². The van der Waals surface area contributed by atoms with E-state index in [0.717, 1.165) is 13.0 Å². The van der Waals surface area contributed by atoms with Crippen molar-refractivity contribution in [3.05, 3.63) is 0 Å². The second-order valence-electron chi connectivity index (χ2n) is 3.48. The summed E-state index contributed by atoms with van der Waals surface area (Å²) in [6, 6.07) is 0.306. The van der Waals surface area contributed by atoms with Crippen LogP contribution in [0.15, 0.2) is 0 Å². The van der Waals surface area contributed by atoms with Crippen LogP contribution in [0.3, 0.4) is 0 Å². The minimum absolute atomic E-state index is 0.134. The van der Waals surface area contributed by atoms with Crippen LogP contribution < -0.4 is 5.73 Å². The van der Waals surface area contributed by atoms with E-state index in [0.29, 0.717) is 12.8 Å². The number of nitrogens with two attached hydrogens (primary N) is 1. The molecule has 13 heavy (non-hydrogen) atoms. The molecule has 3 nitrogen and oxygen atoms in total. The molecule has 1 aliphatic heterocycles. The van der Waals surface area contributed by atoms with E-state index in [1.807, 2.05) is 11.8 Å². The first kappa shape index (κ1) is 10.1. The van der Waals surface area contributed by atoms with E-state index in [-0.39, 0.29) is 18.0 Å². The van der Waals surface area contributed by atoms with E-state index >= 15 is 0 Å². The molecule has 1 aliphatic rings. The van der Waals surface area contributed by atoms with Crippen molar-refractivity contribution in [3.8, 4) is 12.3 Å². The number of nitrogens with zero attached hydrogens (tertiary/aromatic N) is 1. The molecular weight excluding hydrogens is 164 g/mol. The van der Waals surface area contributed by atoms with E-state index in [9.17, 15) is 4.79 Å². The van der Waals surface area contributed by atoms with E-state index in [1.165, 1.54) is 0 Å². The van der Waals surface area contributed by atoms with Gasteiger partial charge < -0.3 is 10.6 Å². The highest BCUT2D eigenvalue weighted by atomic mass is 16.2. The molecule has 1 rings (SSSR count). The maximum atomic E-state index is 11.5. The monoisotopic (exact) mass is 180 g/mol. The molecule has 2 N–H and O–H groups in total. The average Bonchev–Trinajstić information content (AvgIpc) is 2.44. The van der Waals surface area contributed by atoms with Crippen LogP contribution in [-0.4, -0.2) is 29.4 Å². The third-order valence-corrected chi connectivity index (χ3v) is 2.62. The Hall–Kier alpha value is -1.01. The number of carbonyl (C=O) groups excluding carboxylic acids is 1. The van der Waals surface area contributed by atoms with Gasteiger partial charge in [-0.2, -0.15) is 0 Å². The van der Waals surface area contributed by atoms with Gasteiger partial charge in [0.25, 0.3) is 0 Å². The van der Waals surface area contributed by atoms with Crippen molar-refractivity contribution in [1.29, 1.82) is 0 Å². The molecule has 0 radical (unpaired) electrons. The standard InChI is InChI=1S/C10H16N2O/c1-3-4-5-10(13)12-7-6-9(11)8(12)2/h1,8-9H,4-7,11H2,2H3. The lowest BCUT2D eigenvalue weighted by molar-refractivity contribution is -0.131. The van der Waals surface area contributed by atoms with Gasteiger partial charge in [-0.15, -0.1) is 12.3 Å². The van der Waals surface area contributed by atoms with Gasteiger partial charge in [0.05, 0.1) is 0 Å². The molecule has 0 aromatic heterocycles. The number of hydrogen-bond acceptors (Lipinski definition) is 2. The highest BCUT2D eigenvalue weighted by Crippen LogP contribution is 2.16. The van der Waals surface area contributed by atoms with Gasteiger partial charge in [-0.25, -0.2) is 0 Å². The minimum Gasteiger partial charge on any atom is -0.338 e. The van der Waals surface area contributed by atoms with Crippen molar-refractivity contribution < 1.29 is 4.79 Å². The van der Waals surface area contributed by atoms with Gasteiger partial charge in [0.1, 0.15) is 0 Å². The third-order valence-electron chi connectivity index (χ3n) is 2.62. The number of amides is 1. The molecule has 2 unspecified atom stereocenters. The lowest BCUT2D eigenvalue weighted by atomic mass is 10.1. The summed E-state index contributed by atoms with van der Waals surface area (Å²) in [5, 5.41) is 0. The molecule has 0 aromatic carbocycles. The first-order valence-corrected chi connectivity index (χ1v) is 4.65. The zero-order chi connectivity index (χ0) is 9.84. The Bertz CT molecular complexity index is 232. The second kappa shape index (κ2) is 4.29. The number of terminal acetylenes is 1. The summed E-state index contributed by atoms with van der Waals surface area (Å²) in [6.07, 6.45) is 6.97. The molecule has 1 heterocycles. The lowest BCUT2D eigenvalue weighted by Crippen LogP contribution is -2.40. The number of hydrogen-bond donors (Lipinski definition) is 1. The molecule has 0 spiro atoms. The van der Waals surface area contributed by atoms with Gasteiger partial charge in [-0.05, 0) is 13.3 Å². The van der Waals surface area contributed by atoms with Crippen molar-refractivity contribution in [2.45, 2.75) is 38.3 Å². The number of likely N-dealkylation sites (tertiary alicyclic amines) is 1. The number of rotatable bonds is 2. The summed E-state index contributed by atoms with van der Waals surface area (Å²) in [5.41, 5.74) is 5.80. The van der Waals surface area contributed by atoms with Crippen LogP contribution in [0.4, 0.5) is 0 Å². The van der Waals surface area contributed by atoms with Crippen molar-refractivity contribution in [3.63, 3.8) is 0 Å². The molecule has 0 saturated carbocycles. The summed E-state index contributed by atoms with van der Waals surface area (Å²) in [5.74, 6) is 2.61. The van der Waals surface area contributed by atoms with Gasteiger partial charge in [-0.1, -0.05) is 0 Å². The summed E-state index contributed by atoms with van der Waals surface area (Å²) < 4.78 is 0. The lowest BCUT2D eigenvalue weighted by Gasteiger charge is -2.22. The summed E-state index contributed by atoms with van der Waals surface area (Å²) in [6.45, 7) is 2.77. The Morgan fingerprint density at radius 1 is 1.77 bits per heavy atom. The maximum Gasteiger partial charge on any atom is 0.223 e. The molecule has 1 amide bonds. The van der Waals surface area contributed by atoms with Crippen LogP contribution in [0.25, 0.3) is 0 Å². The number of carbonyl (C=O) groups is 1. The van der Waals surface area contributed by atoms with Crippen molar-refractivity contribution in [1.82, 2.24) is 4.90 Å². The Balaban J connectivity index is 2.44. The average molecular weight is 180 g/mol. The van der Waals surface area contributed by atoms with E-state index in [2.05, 4.69) is 5.92 Å². The predicted molar refractivity (Wildman–Crippen MR) is 51.8 cm³/mol. The van der Waals surface area contributed by atoms with Crippen LogP contribution in [0.5, 0.6) is 0 Å². The highest BCUT2D eigenvalue weighted by molar-refractivity contribution is 5.77. The zero-order valence-electron chi connectivity index (χ0n) is 7.99. The second-order valence-corrected chi connectivity index (χ2v) is 3.48.